The third-order valence-corrected chi connectivity index (χ3v) is 7.63. The molecule has 0 aliphatic carbocycles. The fourth-order valence-electron chi connectivity index (χ4n) is 5.09. The number of carbonyl (C=O) groups excluding carboxylic acids is 3. The largest absolute Gasteiger partial charge is 0.490 e. The first kappa shape index (κ1) is 23.7. The first-order chi connectivity index (χ1) is 17.0. The Morgan fingerprint density at radius 3 is 2.80 bits per heavy atom. The minimum atomic E-state index is -0.329. The minimum absolute atomic E-state index is 0.148. The molecule has 5 rings (SSSR count). The fourth-order valence-corrected chi connectivity index (χ4v) is 5.62. The second-order valence-corrected chi connectivity index (χ2v) is 10.1. The highest BCUT2D eigenvalue weighted by molar-refractivity contribution is 7.07. The maximum absolute atomic E-state index is 13.4. The van der Waals surface area contributed by atoms with Crippen LogP contribution in [0.1, 0.15) is 59.4 Å². The number of carbonyl (C=O) groups is 3. The monoisotopic (exact) mass is 498 g/mol. The van der Waals surface area contributed by atoms with Crippen molar-refractivity contribution in [3.05, 3.63) is 40.3 Å². The van der Waals surface area contributed by atoms with Crippen LogP contribution in [0.3, 0.4) is 0 Å². The third-order valence-electron chi connectivity index (χ3n) is 7.05. The van der Waals surface area contributed by atoms with E-state index in [4.69, 9.17) is 9.47 Å². The number of aromatic nitrogens is 1. The number of hydrogen-bond donors (Lipinski definition) is 1. The molecule has 9 nitrogen and oxygen atoms in total. The Morgan fingerprint density at radius 2 is 2.03 bits per heavy atom. The lowest BCUT2D eigenvalue weighted by molar-refractivity contribution is -0.143. The number of amides is 3. The molecular weight excluding hydrogens is 468 g/mol. The van der Waals surface area contributed by atoms with E-state index in [1.807, 2.05) is 4.90 Å². The van der Waals surface area contributed by atoms with E-state index in [0.29, 0.717) is 29.1 Å². The molecule has 0 radical (unpaired) electrons. The number of anilines is 1. The van der Waals surface area contributed by atoms with Gasteiger partial charge in [0.05, 0.1) is 29.6 Å². The number of hydrogen-bond acceptors (Lipinski definition) is 7. The lowest BCUT2D eigenvalue weighted by atomic mass is 9.94. The molecular formula is C25H30N4O5S. The van der Waals surface area contributed by atoms with Gasteiger partial charge in [-0.25, -0.2) is 4.98 Å². The number of piperidine rings is 1. The molecule has 3 atom stereocenters. The minimum Gasteiger partial charge on any atom is -0.490 e. The predicted molar refractivity (Wildman–Crippen MR) is 131 cm³/mol. The van der Waals surface area contributed by atoms with Gasteiger partial charge in [0.25, 0.3) is 11.8 Å². The summed E-state index contributed by atoms with van der Waals surface area (Å²) >= 11 is 1.34. The van der Waals surface area contributed by atoms with Crippen LogP contribution < -0.4 is 10.1 Å². The van der Waals surface area contributed by atoms with Crippen LogP contribution in [0, 0.1) is 0 Å². The summed E-state index contributed by atoms with van der Waals surface area (Å²) in [5.41, 5.74) is 2.82. The molecule has 186 valence electrons. The zero-order chi connectivity index (χ0) is 24.4. The number of thiazole rings is 1. The van der Waals surface area contributed by atoms with Crippen molar-refractivity contribution in [1.82, 2.24) is 14.8 Å². The molecule has 0 spiro atoms. The summed E-state index contributed by atoms with van der Waals surface area (Å²) in [5.74, 6) is 0.0829. The molecule has 10 heteroatoms. The van der Waals surface area contributed by atoms with Crippen molar-refractivity contribution in [2.75, 3.05) is 32.1 Å². The van der Waals surface area contributed by atoms with Crippen LogP contribution in [0.5, 0.6) is 5.75 Å². The van der Waals surface area contributed by atoms with E-state index in [2.05, 4.69) is 10.3 Å². The van der Waals surface area contributed by atoms with E-state index in [9.17, 15) is 14.4 Å². The molecule has 1 aromatic heterocycles. The molecule has 2 fully saturated rings. The quantitative estimate of drug-likeness (QED) is 0.695. The molecule has 2 saturated heterocycles. The van der Waals surface area contributed by atoms with Crippen LogP contribution in [0.4, 0.5) is 5.69 Å². The van der Waals surface area contributed by atoms with Gasteiger partial charge >= 0.3 is 0 Å². The molecule has 3 amide bonds. The van der Waals surface area contributed by atoms with E-state index < -0.39 is 0 Å². The number of ether oxygens (including phenoxy) is 2. The second kappa shape index (κ2) is 10.3. The van der Waals surface area contributed by atoms with Gasteiger partial charge in [-0.15, -0.1) is 11.3 Å². The summed E-state index contributed by atoms with van der Waals surface area (Å²) in [6.45, 7) is 1.95. The van der Waals surface area contributed by atoms with Crippen LogP contribution in [-0.2, 0) is 9.53 Å². The summed E-state index contributed by atoms with van der Waals surface area (Å²) in [4.78, 5) is 46.2. The van der Waals surface area contributed by atoms with Crippen molar-refractivity contribution in [2.24, 2.45) is 0 Å². The fraction of sp³-hybridized carbons (Fsp3) is 0.520. The molecule has 0 unspecified atom stereocenters. The van der Waals surface area contributed by atoms with Crippen LogP contribution in [0.15, 0.2) is 29.1 Å². The maximum Gasteiger partial charge on any atom is 0.275 e. The van der Waals surface area contributed by atoms with Crippen LogP contribution >= 0.6 is 11.3 Å². The Morgan fingerprint density at radius 1 is 1.20 bits per heavy atom. The van der Waals surface area contributed by atoms with Gasteiger partial charge in [-0.2, -0.15) is 0 Å². The summed E-state index contributed by atoms with van der Waals surface area (Å²) in [6.07, 6.45) is 4.68. The Hall–Kier alpha value is -2.98. The summed E-state index contributed by atoms with van der Waals surface area (Å²) in [7, 11) is 1.78. The topological polar surface area (TPSA) is 101 Å². The van der Waals surface area contributed by atoms with Crippen molar-refractivity contribution in [1.29, 1.82) is 0 Å². The van der Waals surface area contributed by atoms with Gasteiger partial charge in [-0.05, 0) is 50.3 Å². The van der Waals surface area contributed by atoms with Crippen molar-refractivity contribution in [3.63, 3.8) is 0 Å². The van der Waals surface area contributed by atoms with Crippen molar-refractivity contribution in [2.45, 2.75) is 56.8 Å². The Balaban J connectivity index is 1.27. The Kier molecular flexibility index (Phi) is 7.01. The van der Waals surface area contributed by atoms with Crippen molar-refractivity contribution >= 4 is 34.7 Å². The van der Waals surface area contributed by atoms with Crippen molar-refractivity contribution < 1.29 is 23.9 Å². The summed E-state index contributed by atoms with van der Waals surface area (Å²) in [6, 6.07) is 4.89. The number of rotatable bonds is 4. The molecule has 0 bridgehead atoms. The molecule has 35 heavy (non-hydrogen) atoms. The molecule has 3 aliphatic rings. The highest BCUT2D eigenvalue weighted by Crippen LogP contribution is 2.33. The zero-order valence-electron chi connectivity index (χ0n) is 19.8. The van der Waals surface area contributed by atoms with Gasteiger partial charge in [0.1, 0.15) is 24.2 Å². The number of benzene rings is 1. The normalized spacial score (nSPS) is 24.5. The second-order valence-electron chi connectivity index (χ2n) is 9.35. The smallest absolute Gasteiger partial charge is 0.275 e. The molecule has 1 N–H and O–H groups in total. The number of nitrogens with one attached hydrogen (secondary N) is 1. The van der Waals surface area contributed by atoms with E-state index >= 15 is 0 Å². The number of fused-ring (bicyclic) bond motifs is 2. The zero-order valence-corrected chi connectivity index (χ0v) is 20.6. The molecule has 0 saturated carbocycles. The molecule has 4 heterocycles. The molecule has 2 aromatic rings. The number of nitrogens with zero attached hydrogens (tertiary/aromatic N) is 3. The Labute approximate surface area is 208 Å². The average molecular weight is 499 g/mol. The molecule has 3 aliphatic heterocycles. The predicted octanol–water partition coefficient (Wildman–Crippen LogP) is 3.18. The van der Waals surface area contributed by atoms with Crippen LogP contribution in [0.25, 0.3) is 0 Å². The number of likely N-dealkylation sites (tertiary alicyclic amines) is 1. The van der Waals surface area contributed by atoms with Gasteiger partial charge in [-0.3, -0.25) is 14.4 Å². The van der Waals surface area contributed by atoms with E-state index in [0.717, 1.165) is 38.8 Å². The van der Waals surface area contributed by atoms with Crippen molar-refractivity contribution in [3.8, 4) is 5.75 Å². The highest BCUT2D eigenvalue weighted by Gasteiger charge is 2.39. The summed E-state index contributed by atoms with van der Waals surface area (Å²) in [5, 5.41) is 4.46. The summed E-state index contributed by atoms with van der Waals surface area (Å²) < 4.78 is 12.3. The van der Waals surface area contributed by atoms with Gasteiger partial charge in [-0.1, -0.05) is 0 Å². The molecule has 1 aromatic carbocycles. The van der Waals surface area contributed by atoms with Gasteiger partial charge in [0.15, 0.2) is 0 Å². The van der Waals surface area contributed by atoms with Crippen LogP contribution in [-0.4, -0.2) is 77.5 Å². The first-order valence-electron chi connectivity index (χ1n) is 12.2. The SMILES string of the molecule is CN1C(=O)c2cc(NC(=O)c3cscn3)ccc2OC[C@H]2O[C@H](CC(=O)N3CCCCC3)CC[C@@H]21. The van der Waals surface area contributed by atoms with Gasteiger partial charge in [0, 0.05) is 31.2 Å². The van der Waals surface area contributed by atoms with E-state index in [1.54, 1.807) is 41.0 Å². The van der Waals surface area contributed by atoms with E-state index in [1.165, 1.54) is 17.8 Å². The third kappa shape index (κ3) is 5.18. The van der Waals surface area contributed by atoms with E-state index in [-0.39, 0.29) is 42.6 Å². The van der Waals surface area contributed by atoms with Gasteiger partial charge in [0.2, 0.25) is 5.91 Å². The first-order valence-corrected chi connectivity index (χ1v) is 13.1. The lowest BCUT2D eigenvalue weighted by Crippen LogP contribution is -2.54. The average Bonchev–Trinajstić information content (AvgIpc) is 3.42. The highest BCUT2D eigenvalue weighted by atomic mass is 32.1. The standard InChI is InChI=1S/C25H30N4O5S/c1-28-20-7-6-17(12-23(30)29-9-3-2-4-10-29)34-22(20)13-33-21-8-5-16(11-18(21)25(28)32)27-24(31)19-14-35-15-26-19/h5,8,11,14-15,17,20,22H,2-4,6-7,9-10,12-13H2,1H3,(H,27,31)/t17-,20-,22+/m0/s1. The van der Waals surface area contributed by atoms with Gasteiger partial charge < -0.3 is 24.6 Å². The van der Waals surface area contributed by atoms with Crippen LogP contribution in [0.2, 0.25) is 0 Å². The maximum atomic E-state index is 13.4. The number of likely N-dealkylation sites (N-methyl/N-ethyl adjacent to an activating group) is 1. The lowest BCUT2D eigenvalue weighted by Gasteiger charge is -2.42. The Bertz CT molecular complexity index is 1090.